The molecule has 1 aromatic rings. The lowest BCUT2D eigenvalue weighted by atomic mass is 9.76. The van der Waals surface area contributed by atoms with E-state index in [4.69, 9.17) is 24.4 Å². The molecule has 0 radical (unpaired) electrons. The number of methoxy groups -OCH3 is 1. The van der Waals surface area contributed by atoms with Gasteiger partial charge in [-0.05, 0) is 77.7 Å². The predicted molar refractivity (Wildman–Crippen MR) is 265 cm³/mol. The summed E-state index contributed by atoms with van der Waals surface area (Å²) in [5.74, 6) is -8.79. The van der Waals surface area contributed by atoms with Crippen LogP contribution in [0.5, 0.6) is 0 Å². The minimum absolute atomic E-state index is 0.0625. The zero-order valence-corrected chi connectivity index (χ0v) is 43.8. The zero-order valence-electron chi connectivity index (χ0n) is 43.8. The number of Topliss-reactive ketones (excluding diaryl/α,β-unsaturated/α-hetero) is 1. The third-order valence-electron chi connectivity index (χ3n) is 11.7. The second-order valence-corrected chi connectivity index (χ2v) is 19.6. The van der Waals surface area contributed by atoms with Crippen molar-refractivity contribution in [1.29, 1.82) is 0 Å². The van der Waals surface area contributed by atoms with Crippen LogP contribution in [0, 0.1) is 11.3 Å². The molecule has 0 aliphatic carbocycles. The van der Waals surface area contributed by atoms with Gasteiger partial charge in [-0.3, -0.25) is 38.4 Å². The van der Waals surface area contributed by atoms with Gasteiger partial charge in [0.25, 0.3) is 0 Å². The molecule has 9 N–H and O–H groups in total. The number of aliphatic carboxylic acids is 2. The van der Waals surface area contributed by atoms with Gasteiger partial charge in [0.15, 0.2) is 5.78 Å². The third kappa shape index (κ3) is 25.9. The molecular formula is C50H81N7O15. The van der Waals surface area contributed by atoms with Crippen LogP contribution in [0.15, 0.2) is 30.3 Å². The van der Waals surface area contributed by atoms with Crippen LogP contribution in [0.2, 0.25) is 0 Å². The second kappa shape index (κ2) is 32.2. The number of unbranched alkanes of at least 4 members (excludes halogenated alkanes) is 1. The fourth-order valence-electron chi connectivity index (χ4n) is 7.07. The molecule has 0 aliphatic rings. The molecule has 0 aliphatic heterocycles. The average molecular weight is 1020 g/mol. The number of carboxylic acid groups (broad SMARTS) is 2. The molecule has 0 aromatic heterocycles. The van der Waals surface area contributed by atoms with Gasteiger partial charge < -0.3 is 61.6 Å². The molecule has 406 valence electrons. The molecule has 72 heavy (non-hydrogen) atoms. The number of carboxylic acids is 2. The van der Waals surface area contributed by atoms with Gasteiger partial charge in [-0.1, -0.05) is 65.0 Å². The maximum atomic E-state index is 13.8. The molecule has 0 saturated carbocycles. The summed E-state index contributed by atoms with van der Waals surface area (Å²) in [6.45, 7) is 16.7. The number of ketones is 1. The molecule has 0 saturated heterocycles. The van der Waals surface area contributed by atoms with Crippen molar-refractivity contribution in [2.75, 3.05) is 46.6 Å². The highest BCUT2D eigenvalue weighted by Crippen LogP contribution is 2.29. The van der Waals surface area contributed by atoms with Crippen molar-refractivity contribution in [2.45, 2.75) is 162 Å². The van der Waals surface area contributed by atoms with Crippen LogP contribution in [-0.4, -0.2) is 151 Å². The number of amides is 7. The van der Waals surface area contributed by atoms with Crippen LogP contribution >= 0.6 is 0 Å². The predicted octanol–water partition coefficient (Wildman–Crippen LogP) is 1.71. The number of benzene rings is 1. The van der Waals surface area contributed by atoms with Gasteiger partial charge >= 0.3 is 11.9 Å². The highest BCUT2D eigenvalue weighted by molar-refractivity contribution is 6.01. The first-order chi connectivity index (χ1) is 33.7. The number of nitrogens with one attached hydrogen (secondary N) is 7. The molecule has 1 rings (SSSR count). The minimum Gasteiger partial charge on any atom is -0.479 e. The summed E-state index contributed by atoms with van der Waals surface area (Å²) in [6, 6.07) is 2.93. The Morgan fingerprint density at radius 1 is 0.597 bits per heavy atom. The number of rotatable bonds is 37. The van der Waals surface area contributed by atoms with Crippen LogP contribution in [0.1, 0.15) is 126 Å². The highest BCUT2D eigenvalue weighted by atomic mass is 16.6. The molecule has 3 atom stereocenters. The standard InChI is InChI=1S/C50H81N7O15/c1-11-50(9,12-2)43(63)34(20-16-17-24-51-38(59)23-25-71-49(7,8)31-72-48(5,6)30-70-10)54-39(60)22-21-37(58)52-28-40(61)55-35(26-32(3)4)45(65)56-36(27-33-18-14-13-15-19-33)44(64)53-29-41(62)57-42(46(66)67)47(68)69/h13-15,18-19,32,34-36,42H,11-12,16-17,20-31H2,1-10H3,(H,51,59)(H,52,58)(H,53,64)(H,54,60)(H,55,61)(H,56,65)(H,57,62)(H,66,67)(H,68,69). The zero-order chi connectivity index (χ0) is 54.7. The molecule has 0 fully saturated rings. The summed E-state index contributed by atoms with van der Waals surface area (Å²) in [7, 11) is 1.60. The van der Waals surface area contributed by atoms with E-state index in [1.165, 1.54) is 0 Å². The number of hydrogen-bond donors (Lipinski definition) is 9. The van der Waals surface area contributed by atoms with E-state index in [1.807, 2.05) is 48.5 Å². The Morgan fingerprint density at radius 3 is 1.74 bits per heavy atom. The van der Waals surface area contributed by atoms with Crippen molar-refractivity contribution in [3.05, 3.63) is 35.9 Å². The second-order valence-electron chi connectivity index (χ2n) is 19.6. The summed E-state index contributed by atoms with van der Waals surface area (Å²) >= 11 is 0. The van der Waals surface area contributed by atoms with Crippen LogP contribution in [0.4, 0.5) is 0 Å². The van der Waals surface area contributed by atoms with E-state index >= 15 is 0 Å². The van der Waals surface area contributed by atoms with E-state index in [0.717, 1.165) is 0 Å². The smallest absolute Gasteiger partial charge is 0.338 e. The lowest BCUT2D eigenvalue weighted by Gasteiger charge is -2.31. The maximum absolute atomic E-state index is 13.8. The molecular weight excluding hydrogens is 939 g/mol. The molecule has 3 unspecified atom stereocenters. The lowest BCUT2D eigenvalue weighted by molar-refractivity contribution is -0.153. The topological polar surface area (TPSA) is 323 Å². The number of carbonyl (C=O) groups excluding carboxylic acids is 8. The average Bonchev–Trinajstić information content (AvgIpc) is 3.31. The maximum Gasteiger partial charge on any atom is 0.338 e. The molecule has 0 heterocycles. The fraction of sp³-hybridized carbons (Fsp3) is 0.680. The SMILES string of the molecule is CCC(C)(CC)C(=O)C(CCCCNC(=O)CCOC(C)(C)COC(C)(C)COC)NC(=O)CCC(=O)NCC(=O)NC(CC(C)C)C(=O)NC(Cc1ccccc1)C(=O)NCC(=O)NC(C(=O)O)C(=O)O. The Kier molecular flexibility index (Phi) is 28.6. The summed E-state index contributed by atoms with van der Waals surface area (Å²) in [4.78, 5) is 127. The van der Waals surface area contributed by atoms with E-state index in [2.05, 4.69) is 31.9 Å². The van der Waals surface area contributed by atoms with E-state index in [9.17, 15) is 47.9 Å². The number of ether oxygens (including phenoxy) is 3. The van der Waals surface area contributed by atoms with Crippen molar-refractivity contribution in [3.63, 3.8) is 0 Å². The number of hydrogen-bond acceptors (Lipinski definition) is 13. The Labute approximate surface area is 423 Å². The van der Waals surface area contributed by atoms with E-state index in [-0.39, 0.29) is 56.3 Å². The van der Waals surface area contributed by atoms with Gasteiger partial charge in [-0.25, -0.2) is 9.59 Å². The van der Waals surface area contributed by atoms with Crippen molar-refractivity contribution in [1.82, 2.24) is 37.2 Å². The monoisotopic (exact) mass is 1020 g/mol. The summed E-state index contributed by atoms with van der Waals surface area (Å²) in [6.07, 6.45) is 2.04. The first kappa shape index (κ1) is 64.0. The van der Waals surface area contributed by atoms with Gasteiger partial charge in [0, 0.05) is 44.8 Å². The van der Waals surface area contributed by atoms with Gasteiger partial charge in [0.1, 0.15) is 12.1 Å². The van der Waals surface area contributed by atoms with Crippen LogP contribution in [-0.2, 0) is 68.6 Å². The third-order valence-corrected chi connectivity index (χ3v) is 11.7. The number of carbonyl (C=O) groups is 10. The molecule has 1 aromatic carbocycles. The largest absolute Gasteiger partial charge is 0.479 e. The molecule has 0 spiro atoms. The van der Waals surface area contributed by atoms with Gasteiger partial charge in [-0.15, -0.1) is 0 Å². The Hall–Kier alpha value is -6.00. The first-order valence-corrected chi connectivity index (χ1v) is 24.5. The highest BCUT2D eigenvalue weighted by Gasteiger charge is 2.36. The molecule has 22 heteroatoms. The van der Waals surface area contributed by atoms with Gasteiger partial charge in [0.2, 0.25) is 47.4 Å². The van der Waals surface area contributed by atoms with E-state index < -0.39 is 101 Å². The summed E-state index contributed by atoms with van der Waals surface area (Å²) in [5.41, 5.74) is -1.19. The first-order valence-electron chi connectivity index (χ1n) is 24.5. The molecule has 7 amide bonds. The lowest BCUT2D eigenvalue weighted by Crippen LogP contribution is -2.56. The van der Waals surface area contributed by atoms with Crippen LogP contribution in [0.25, 0.3) is 0 Å². The fourth-order valence-corrected chi connectivity index (χ4v) is 7.07. The Morgan fingerprint density at radius 2 is 1.15 bits per heavy atom. The van der Waals surface area contributed by atoms with Crippen molar-refractivity contribution in [2.24, 2.45) is 11.3 Å². The quantitative estimate of drug-likeness (QED) is 0.0339. The van der Waals surface area contributed by atoms with Crippen molar-refractivity contribution < 1.29 is 72.4 Å². The summed E-state index contributed by atoms with van der Waals surface area (Å²) < 4.78 is 17.0. The summed E-state index contributed by atoms with van der Waals surface area (Å²) in [5, 5.41) is 35.4. The Bertz CT molecular complexity index is 1940. The molecule has 0 bridgehead atoms. The molecule has 22 nitrogen and oxygen atoms in total. The van der Waals surface area contributed by atoms with E-state index in [0.29, 0.717) is 57.4 Å². The minimum atomic E-state index is -2.25. The van der Waals surface area contributed by atoms with Crippen molar-refractivity contribution >= 4 is 59.1 Å². The van der Waals surface area contributed by atoms with Crippen LogP contribution < -0.4 is 37.2 Å². The van der Waals surface area contributed by atoms with Gasteiger partial charge in [0.05, 0.1) is 50.2 Å². The van der Waals surface area contributed by atoms with Gasteiger partial charge in [-0.2, -0.15) is 0 Å². The van der Waals surface area contributed by atoms with Crippen molar-refractivity contribution in [3.8, 4) is 0 Å². The Balaban J connectivity index is 2.81. The normalized spacial score (nSPS) is 13.0. The van der Waals surface area contributed by atoms with E-state index in [1.54, 1.807) is 56.6 Å². The van der Waals surface area contributed by atoms with Crippen LogP contribution in [0.3, 0.4) is 0 Å².